The number of carbonyl (C=O) groups is 4. The summed E-state index contributed by atoms with van der Waals surface area (Å²) in [4.78, 5) is 56.1. The van der Waals surface area contributed by atoms with E-state index >= 15 is 0 Å². The molecule has 0 N–H and O–H groups in total. The van der Waals surface area contributed by atoms with Crippen molar-refractivity contribution >= 4 is 23.9 Å². The molecule has 3 heterocycles. The molecule has 3 saturated carbocycles. The van der Waals surface area contributed by atoms with Gasteiger partial charge in [0.05, 0.1) is 41.1 Å². The van der Waals surface area contributed by atoms with Gasteiger partial charge in [0.15, 0.2) is 30.4 Å². The van der Waals surface area contributed by atoms with Crippen LogP contribution in [0.4, 0.5) is 0 Å². The van der Waals surface area contributed by atoms with E-state index in [1.54, 1.807) is 121 Å². The van der Waals surface area contributed by atoms with Crippen molar-refractivity contribution in [3.8, 4) is 0 Å². The van der Waals surface area contributed by atoms with Crippen LogP contribution in [0.3, 0.4) is 0 Å². The minimum atomic E-state index is -1.49. The highest BCUT2D eigenvalue weighted by Crippen LogP contribution is 2.70. The van der Waals surface area contributed by atoms with E-state index in [1.165, 1.54) is 12.0 Å². The van der Waals surface area contributed by atoms with Crippen LogP contribution in [0.15, 0.2) is 133 Å². The van der Waals surface area contributed by atoms with Gasteiger partial charge in [-0.05, 0) is 140 Å². The number of hydrogen-bond acceptors (Lipinski definition) is 12. The molecule has 0 radical (unpaired) electrons. The van der Waals surface area contributed by atoms with E-state index in [4.69, 9.17) is 37.9 Å². The van der Waals surface area contributed by atoms with Crippen molar-refractivity contribution in [3.05, 3.63) is 155 Å². The average molecular weight is 993 g/mol. The van der Waals surface area contributed by atoms with Gasteiger partial charge in [0, 0.05) is 12.3 Å². The summed E-state index contributed by atoms with van der Waals surface area (Å²) >= 11 is 0. The second-order valence-electron chi connectivity index (χ2n) is 22.5. The van der Waals surface area contributed by atoms with Crippen molar-refractivity contribution in [2.75, 3.05) is 13.2 Å². The molecule has 0 aromatic heterocycles. The van der Waals surface area contributed by atoms with Gasteiger partial charge < -0.3 is 37.9 Å². The molecule has 16 atom stereocenters. The maximum Gasteiger partial charge on any atom is 0.338 e. The second kappa shape index (κ2) is 20.2. The van der Waals surface area contributed by atoms with Gasteiger partial charge >= 0.3 is 23.9 Å². The fourth-order valence-corrected chi connectivity index (χ4v) is 14.6. The first-order chi connectivity index (χ1) is 35.3. The molecule has 4 aromatic carbocycles. The Morgan fingerprint density at radius 3 is 1.77 bits per heavy atom. The lowest BCUT2D eigenvalue weighted by atomic mass is 9.47. The highest BCUT2D eigenvalue weighted by atomic mass is 16.7. The summed E-state index contributed by atoms with van der Waals surface area (Å²) in [5.41, 5.74) is 2.50. The van der Waals surface area contributed by atoms with Gasteiger partial charge in [0.2, 0.25) is 0 Å². The smallest absolute Gasteiger partial charge is 0.338 e. The Labute approximate surface area is 428 Å². The Balaban J connectivity index is 0.890. The highest BCUT2D eigenvalue weighted by Gasteiger charge is 2.69. The highest BCUT2D eigenvalue weighted by molar-refractivity contribution is 5.91. The number of carbonyl (C=O) groups excluding carboxylic acids is 4. The van der Waals surface area contributed by atoms with Gasteiger partial charge in [-0.15, -0.1) is 0 Å². The molecule has 12 nitrogen and oxygen atoms in total. The van der Waals surface area contributed by atoms with Gasteiger partial charge in [-0.3, -0.25) is 0 Å². The number of esters is 4. The predicted molar refractivity (Wildman–Crippen MR) is 269 cm³/mol. The molecule has 12 heteroatoms. The Hall–Kier alpha value is -5.66. The molecule has 3 aliphatic heterocycles. The zero-order valence-corrected chi connectivity index (χ0v) is 42.3. The largest absolute Gasteiger partial charge is 0.459 e. The summed E-state index contributed by atoms with van der Waals surface area (Å²) in [5.74, 6) is -0.276. The lowest BCUT2D eigenvalue weighted by Gasteiger charge is -2.58. The van der Waals surface area contributed by atoms with Crippen molar-refractivity contribution < 1.29 is 57.1 Å². The monoisotopic (exact) mass is 992 g/mol. The van der Waals surface area contributed by atoms with Gasteiger partial charge in [0.1, 0.15) is 12.7 Å². The number of ether oxygens (including phenoxy) is 8. The van der Waals surface area contributed by atoms with Crippen LogP contribution in [0.5, 0.6) is 0 Å². The van der Waals surface area contributed by atoms with Crippen LogP contribution in [0, 0.1) is 46.3 Å². The molecule has 6 fully saturated rings. The average Bonchev–Trinajstić information content (AvgIpc) is 3.88. The predicted octanol–water partition coefficient (Wildman–Crippen LogP) is 11.0. The van der Waals surface area contributed by atoms with E-state index in [0.717, 1.165) is 45.1 Å². The molecule has 0 amide bonds. The first-order valence-corrected chi connectivity index (χ1v) is 26.7. The van der Waals surface area contributed by atoms with Gasteiger partial charge in [-0.1, -0.05) is 112 Å². The summed E-state index contributed by atoms with van der Waals surface area (Å²) in [7, 11) is 0. The van der Waals surface area contributed by atoms with Crippen molar-refractivity contribution in [3.63, 3.8) is 0 Å². The fourth-order valence-electron chi connectivity index (χ4n) is 14.6. The number of fused-ring (bicyclic) bond motifs is 7. The van der Waals surface area contributed by atoms with Crippen LogP contribution < -0.4 is 0 Å². The van der Waals surface area contributed by atoms with Crippen molar-refractivity contribution in [1.82, 2.24) is 0 Å². The van der Waals surface area contributed by atoms with E-state index in [0.29, 0.717) is 53.9 Å². The number of allylic oxidation sites excluding steroid dienone is 1. The van der Waals surface area contributed by atoms with Crippen LogP contribution in [0.1, 0.15) is 127 Å². The Morgan fingerprint density at radius 1 is 0.630 bits per heavy atom. The zero-order chi connectivity index (χ0) is 50.5. The molecule has 7 aliphatic rings. The van der Waals surface area contributed by atoms with Crippen molar-refractivity contribution in [2.24, 2.45) is 46.3 Å². The molecule has 4 aromatic rings. The summed E-state index contributed by atoms with van der Waals surface area (Å²) < 4.78 is 52.4. The molecule has 4 aliphatic carbocycles. The Morgan fingerprint density at radius 2 is 1.19 bits per heavy atom. The van der Waals surface area contributed by atoms with Crippen LogP contribution in [-0.4, -0.2) is 85.8 Å². The topological polar surface area (TPSA) is 142 Å². The standard InChI is InChI=1S/C61H68O12/c1-37-27-32-61(67-35-37)38(2)50-48(73-61)34-47-45-26-25-43-33-44(28-30-59(43,3)46(45)29-31-60(47,50)4)68-58-53(72-57(65)42-23-15-8-16-24-42)52(71-56(64)41-21-13-7-14-22-41)51(70-55(63)40-19-11-6-12-20-40)49(69-58)36-66-54(62)39-17-9-5-10-18-39/h5-25,37-38,44-53,58H,26-36H2,1-4H3/t37-,38+,44+,45-,46+,47+,48+,49?,50+,51-,52?,53?,58-,59+,60+,61-/m1/s1. The first-order valence-electron chi connectivity index (χ1n) is 26.7. The van der Waals surface area contributed by atoms with E-state index in [1.807, 2.05) is 0 Å². The fraction of sp³-hybridized carbons (Fsp3) is 0.508. The molecule has 11 rings (SSSR count). The SMILES string of the molecule is C[C@@H]1CC[C@@]2(OC1)O[C@H]1C[C@H]3[C@@H]4CC=C5C[C@@H](O[C@@H]6OC(COC(=O)c7ccccc7)[C@@H](OC(=O)c7ccccc7)C(OC(=O)c7ccccc7)C6OC(=O)c6ccccc6)CC[C@]5(C)[C@H]4CC[C@]3(C)[C@H]1[C@@H]2C. The molecule has 73 heavy (non-hydrogen) atoms. The van der Waals surface area contributed by atoms with Crippen LogP contribution >= 0.6 is 0 Å². The van der Waals surface area contributed by atoms with E-state index in [2.05, 4.69) is 33.8 Å². The molecular weight excluding hydrogens is 925 g/mol. The van der Waals surface area contributed by atoms with Crippen LogP contribution in [0.2, 0.25) is 0 Å². The van der Waals surface area contributed by atoms with Crippen LogP contribution in [-0.2, 0) is 37.9 Å². The number of hydrogen-bond donors (Lipinski definition) is 0. The maximum absolute atomic E-state index is 14.2. The zero-order valence-electron chi connectivity index (χ0n) is 42.3. The summed E-state index contributed by atoms with van der Waals surface area (Å²) in [6, 6.07) is 33.8. The third-order valence-corrected chi connectivity index (χ3v) is 18.4. The van der Waals surface area contributed by atoms with E-state index in [9.17, 15) is 19.2 Å². The minimum absolute atomic E-state index is 0.0383. The Kier molecular flexibility index (Phi) is 13.7. The van der Waals surface area contributed by atoms with Crippen molar-refractivity contribution in [2.45, 2.75) is 134 Å². The van der Waals surface area contributed by atoms with Gasteiger partial charge in [-0.2, -0.15) is 0 Å². The lowest BCUT2D eigenvalue weighted by Crippen LogP contribution is -2.63. The first kappa shape index (κ1) is 49.5. The molecule has 3 unspecified atom stereocenters. The van der Waals surface area contributed by atoms with Gasteiger partial charge in [0.25, 0.3) is 0 Å². The molecule has 0 bridgehead atoms. The van der Waals surface area contributed by atoms with E-state index < -0.39 is 67.0 Å². The summed E-state index contributed by atoms with van der Waals surface area (Å²) in [6.07, 6.45) is 4.06. The maximum atomic E-state index is 14.2. The quantitative estimate of drug-likeness (QED) is 0.0802. The van der Waals surface area contributed by atoms with Gasteiger partial charge in [-0.25, -0.2) is 19.2 Å². The molecule has 3 saturated heterocycles. The summed E-state index contributed by atoms with van der Waals surface area (Å²) in [5, 5.41) is 0. The Bertz CT molecular complexity index is 2650. The van der Waals surface area contributed by atoms with E-state index in [-0.39, 0.29) is 39.7 Å². The van der Waals surface area contributed by atoms with Crippen molar-refractivity contribution in [1.29, 1.82) is 0 Å². The molecule has 1 spiro atoms. The summed E-state index contributed by atoms with van der Waals surface area (Å²) in [6.45, 7) is 10.0. The second-order valence-corrected chi connectivity index (χ2v) is 22.5. The third kappa shape index (κ3) is 9.35. The lowest BCUT2D eigenvalue weighted by molar-refractivity contribution is -0.310. The molecule has 384 valence electrons. The third-order valence-electron chi connectivity index (χ3n) is 18.4. The minimum Gasteiger partial charge on any atom is -0.459 e. The number of benzene rings is 4. The molecular formula is C61H68O12. The number of rotatable bonds is 11. The normalized spacial score (nSPS) is 37.3. The van der Waals surface area contributed by atoms with Crippen LogP contribution in [0.25, 0.3) is 0 Å².